The zero-order valence-corrected chi connectivity index (χ0v) is 13.0. The summed E-state index contributed by atoms with van der Waals surface area (Å²) < 4.78 is 6.72. The number of halogens is 2. The fraction of sp³-hybridized carbons (Fsp3) is 0.385. The van der Waals surface area contributed by atoms with Crippen LogP contribution in [0, 0.1) is 16.4 Å². The van der Waals surface area contributed by atoms with Gasteiger partial charge in [-0.05, 0) is 54.0 Å². The second kappa shape index (κ2) is 4.49. The molecule has 0 radical (unpaired) electrons. The summed E-state index contributed by atoms with van der Waals surface area (Å²) in [6.45, 7) is 4.15. The van der Waals surface area contributed by atoms with Crippen LogP contribution < -0.4 is 0 Å². The van der Waals surface area contributed by atoms with Gasteiger partial charge in [-0.25, -0.2) is 9.97 Å². The van der Waals surface area contributed by atoms with Crippen molar-refractivity contribution < 1.29 is 4.42 Å². The van der Waals surface area contributed by atoms with E-state index >= 15 is 0 Å². The second-order valence-electron chi connectivity index (χ2n) is 4.76. The lowest BCUT2D eigenvalue weighted by Crippen LogP contribution is -1.95. The zero-order chi connectivity index (χ0) is 12.9. The van der Waals surface area contributed by atoms with E-state index in [0.29, 0.717) is 22.7 Å². The van der Waals surface area contributed by atoms with Crippen LogP contribution in [0.2, 0.25) is 5.15 Å². The molecule has 1 saturated carbocycles. The van der Waals surface area contributed by atoms with Gasteiger partial charge in [0.05, 0.1) is 9.26 Å². The lowest BCUT2D eigenvalue weighted by Gasteiger charge is -2.02. The Bertz CT molecular complexity index is 588. The van der Waals surface area contributed by atoms with Crippen LogP contribution in [-0.4, -0.2) is 9.97 Å². The normalized spacial score (nSPS) is 22.2. The van der Waals surface area contributed by atoms with Crippen molar-refractivity contribution in [2.24, 2.45) is 5.92 Å². The van der Waals surface area contributed by atoms with Crippen molar-refractivity contribution in [2.75, 3.05) is 0 Å². The van der Waals surface area contributed by atoms with E-state index in [-0.39, 0.29) is 0 Å². The van der Waals surface area contributed by atoms with Crippen molar-refractivity contribution in [1.29, 1.82) is 0 Å². The fourth-order valence-electron chi connectivity index (χ4n) is 2.03. The van der Waals surface area contributed by atoms with Crippen LogP contribution in [0.4, 0.5) is 0 Å². The first-order chi connectivity index (χ1) is 8.56. The molecule has 0 spiro atoms. The summed E-state index contributed by atoms with van der Waals surface area (Å²) in [5.41, 5.74) is 0.878. The molecule has 0 N–H and O–H groups in total. The van der Waals surface area contributed by atoms with Gasteiger partial charge >= 0.3 is 0 Å². The summed E-state index contributed by atoms with van der Waals surface area (Å²) >= 11 is 8.22. The van der Waals surface area contributed by atoms with Gasteiger partial charge in [0, 0.05) is 5.92 Å². The molecule has 2 unspecified atom stereocenters. The minimum Gasteiger partial charge on any atom is -0.457 e. The van der Waals surface area contributed by atoms with Gasteiger partial charge in [-0.1, -0.05) is 18.5 Å². The molecule has 1 aliphatic rings. The van der Waals surface area contributed by atoms with Gasteiger partial charge in [0.25, 0.3) is 0 Å². The Morgan fingerprint density at radius 1 is 1.39 bits per heavy atom. The molecule has 2 aromatic heterocycles. The summed E-state index contributed by atoms with van der Waals surface area (Å²) in [5.74, 6) is 3.60. The van der Waals surface area contributed by atoms with Crippen molar-refractivity contribution in [2.45, 2.75) is 26.2 Å². The molecular formula is C13H12ClIN2O. The zero-order valence-electron chi connectivity index (χ0n) is 10.1. The summed E-state index contributed by atoms with van der Waals surface area (Å²) in [7, 11) is 0. The van der Waals surface area contributed by atoms with Gasteiger partial charge in [-0.2, -0.15) is 0 Å². The molecule has 0 aromatic carbocycles. The maximum atomic E-state index is 6.07. The second-order valence-corrected chi connectivity index (χ2v) is 6.20. The molecule has 3 rings (SSSR count). The number of aromatic nitrogens is 2. The highest BCUT2D eigenvalue weighted by Gasteiger charge is 2.36. The number of furan rings is 1. The average Bonchev–Trinajstić information content (AvgIpc) is 2.89. The molecule has 94 valence electrons. The number of aryl methyl sites for hydroxylation is 1. The first-order valence-electron chi connectivity index (χ1n) is 5.86. The summed E-state index contributed by atoms with van der Waals surface area (Å²) in [5, 5.41) is 0.482. The van der Waals surface area contributed by atoms with E-state index in [4.69, 9.17) is 16.0 Å². The molecule has 2 heterocycles. The van der Waals surface area contributed by atoms with Gasteiger partial charge in [0.2, 0.25) is 0 Å². The lowest BCUT2D eigenvalue weighted by atomic mass is 10.3. The molecule has 0 aliphatic heterocycles. The van der Waals surface area contributed by atoms with Gasteiger partial charge in [0.15, 0.2) is 11.6 Å². The minimum absolute atomic E-state index is 0.482. The summed E-state index contributed by atoms with van der Waals surface area (Å²) in [4.78, 5) is 8.69. The van der Waals surface area contributed by atoms with Crippen molar-refractivity contribution in [3.8, 4) is 11.6 Å². The molecular weight excluding hydrogens is 363 g/mol. The smallest absolute Gasteiger partial charge is 0.197 e. The quantitative estimate of drug-likeness (QED) is 0.577. The van der Waals surface area contributed by atoms with Gasteiger partial charge in [0.1, 0.15) is 10.9 Å². The first kappa shape index (κ1) is 12.4. The van der Waals surface area contributed by atoms with E-state index in [0.717, 1.165) is 20.9 Å². The topological polar surface area (TPSA) is 38.9 Å². The van der Waals surface area contributed by atoms with Crippen LogP contribution in [0.5, 0.6) is 0 Å². The Hall–Kier alpha value is -0.620. The van der Waals surface area contributed by atoms with Crippen LogP contribution in [0.25, 0.3) is 11.6 Å². The van der Waals surface area contributed by atoms with Gasteiger partial charge in [-0.15, -0.1) is 0 Å². The van der Waals surface area contributed by atoms with Crippen LogP contribution >= 0.6 is 34.2 Å². The van der Waals surface area contributed by atoms with Crippen LogP contribution in [0.15, 0.2) is 16.5 Å². The number of rotatable bonds is 2. The number of hydrogen-bond donors (Lipinski definition) is 0. The molecule has 3 nitrogen and oxygen atoms in total. The molecule has 5 heteroatoms. The predicted octanol–water partition coefficient (Wildman–Crippen LogP) is 4.43. The summed E-state index contributed by atoms with van der Waals surface area (Å²) in [6, 6.07) is 3.95. The van der Waals surface area contributed by atoms with Crippen molar-refractivity contribution >= 4 is 34.2 Å². The Morgan fingerprint density at radius 3 is 2.72 bits per heavy atom. The third-order valence-electron chi connectivity index (χ3n) is 3.30. The molecule has 0 saturated heterocycles. The maximum absolute atomic E-state index is 6.07. The Morgan fingerprint density at radius 2 is 2.11 bits per heavy atom. The highest BCUT2D eigenvalue weighted by atomic mass is 127. The van der Waals surface area contributed by atoms with E-state index in [2.05, 4.69) is 39.5 Å². The molecule has 0 bridgehead atoms. The van der Waals surface area contributed by atoms with Crippen molar-refractivity contribution in [3.63, 3.8) is 0 Å². The third-order valence-corrected chi connectivity index (χ3v) is 5.18. The van der Waals surface area contributed by atoms with E-state index in [9.17, 15) is 0 Å². The Labute approximate surface area is 124 Å². The third kappa shape index (κ3) is 2.16. The average molecular weight is 375 g/mol. The highest BCUT2D eigenvalue weighted by molar-refractivity contribution is 14.1. The highest BCUT2D eigenvalue weighted by Crippen LogP contribution is 2.47. The SMILES string of the molecule is Cc1nc(-c2ccc(C3CC3C)o2)nc(Cl)c1I. The van der Waals surface area contributed by atoms with E-state index < -0.39 is 0 Å². The molecule has 1 aliphatic carbocycles. The first-order valence-corrected chi connectivity index (χ1v) is 7.31. The Balaban J connectivity index is 1.97. The van der Waals surface area contributed by atoms with Crippen LogP contribution in [-0.2, 0) is 0 Å². The van der Waals surface area contributed by atoms with E-state index in [1.807, 2.05) is 19.1 Å². The molecule has 2 aromatic rings. The van der Waals surface area contributed by atoms with E-state index in [1.165, 1.54) is 6.42 Å². The van der Waals surface area contributed by atoms with Gasteiger partial charge < -0.3 is 4.42 Å². The molecule has 18 heavy (non-hydrogen) atoms. The predicted molar refractivity (Wildman–Crippen MR) is 78.7 cm³/mol. The lowest BCUT2D eigenvalue weighted by molar-refractivity contribution is 0.514. The van der Waals surface area contributed by atoms with Gasteiger partial charge in [-0.3, -0.25) is 0 Å². The molecule has 1 fully saturated rings. The summed E-state index contributed by atoms with van der Waals surface area (Å²) in [6.07, 6.45) is 1.21. The van der Waals surface area contributed by atoms with E-state index in [1.54, 1.807) is 0 Å². The number of hydrogen-bond acceptors (Lipinski definition) is 3. The van der Waals surface area contributed by atoms with Crippen LogP contribution in [0.3, 0.4) is 0 Å². The largest absolute Gasteiger partial charge is 0.457 e. The Kier molecular flexibility index (Phi) is 3.10. The molecule has 2 atom stereocenters. The van der Waals surface area contributed by atoms with Crippen LogP contribution in [0.1, 0.15) is 30.7 Å². The van der Waals surface area contributed by atoms with Crippen molar-refractivity contribution in [1.82, 2.24) is 9.97 Å². The fourth-order valence-corrected chi connectivity index (χ4v) is 2.48. The molecule has 0 amide bonds. The standard InChI is InChI=1S/C13H12ClIN2O/c1-6-5-8(6)9-3-4-10(18-9)13-16-7(2)11(15)12(14)17-13/h3-4,6,8H,5H2,1-2H3. The number of nitrogens with zero attached hydrogens (tertiary/aromatic N) is 2. The van der Waals surface area contributed by atoms with Crippen molar-refractivity contribution in [3.05, 3.63) is 32.3 Å². The maximum Gasteiger partial charge on any atom is 0.197 e. The monoisotopic (exact) mass is 374 g/mol. The minimum atomic E-state index is 0.482.